The Morgan fingerprint density at radius 2 is 1.96 bits per heavy atom. The number of hydrogen-bond donors (Lipinski definition) is 2. The van der Waals surface area contributed by atoms with E-state index in [0.717, 1.165) is 17.1 Å². The summed E-state index contributed by atoms with van der Waals surface area (Å²) in [5, 5.41) is 3.97. The summed E-state index contributed by atoms with van der Waals surface area (Å²) in [7, 11) is 0. The van der Waals surface area contributed by atoms with E-state index in [1.54, 1.807) is 18.2 Å². The largest absolute Gasteiger partial charge is 0.333 e. The molecule has 2 N–H and O–H groups in total. The highest BCUT2D eigenvalue weighted by atomic mass is 35.5. The van der Waals surface area contributed by atoms with Crippen LogP contribution >= 0.6 is 35.0 Å². The molecule has 0 saturated heterocycles. The quantitative estimate of drug-likeness (QED) is 0.653. The molecule has 0 spiro atoms. The summed E-state index contributed by atoms with van der Waals surface area (Å²) in [6.07, 6.45) is 0. The molecular weight excluding hydrogens is 360 g/mol. The number of fused-ring (bicyclic) bond motifs is 1. The van der Waals surface area contributed by atoms with Crippen molar-refractivity contribution in [1.29, 1.82) is 0 Å². The summed E-state index contributed by atoms with van der Waals surface area (Å²) in [4.78, 5) is 19.3. The smallest absolute Gasteiger partial charge is 0.234 e. The molecular formula is C15H10Cl2FN3OS. The van der Waals surface area contributed by atoms with E-state index >= 15 is 0 Å². The second-order valence-electron chi connectivity index (χ2n) is 4.66. The summed E-state index contributed by atoms with van der Waals surface area (Å²) in [6.45, 7) is 0. The van der Waals surface area contributed by atoms with E-state index in [4.69, 9.17) is 23.2 Å². The molecule has 23 heavy (non-hydrogen) atoms. The summed E-state index contributed by atoms with van der Waals surface area (Å²) in [5.41, 5.74) is 1.65. The van der Waals surface area contributed by atoms with Gasteiger partial charge in [0, 0.05) is 10.0 Å². The van der Waals surface area contributed by atoms with Crippen LogP contribution in [0.4, 0.5) is 10.1 Å². The summed E-state index contributed by atoms with van der Waals surface area (Å²) >= 11 is 12.8. The van der Waals surface area contributed by atoms with Crippen LogP contribution in [-0.2, 0) is 4.79 Å². The van der Waals surface area contributed by atoms with E-state index in [-0.39, 0.29) is 22.4 Å². The van der Waals surface area contributed by atoms with Crippen molar-refractivity contribution >= 4 is 57.6 Å². The maximum absolute atomic E-state index is 13.6. The number of benzene rings is 2. The van der Waals surface area contributed by atoms with Gasteiger partial charge in [-0.25, -0.2) is 9.37 Å². The maximum atomic E-state index is 13.6. The third-order valence-electron chi connectivity index (χ3n) is 2.97. The van der Waals surface area contributed by atoms with Gasteiger partial charge in [-0.15, -0.1) is 0 Å². The van der Waals surface area contributed by atoms with Crippen molar-refractivity contribution in [3.63, 3.8) is 0 Å². The number of amides is 1. The lowest BCUT2D eigenvalue weighted by Gasteiger charge is -2.05. The number of halogens is 3. The number of aromatic amines is 1. The molecule has 1 heterocycles. The van der Waals surface area contributed by atoms with Crippen LogP contribution in [0.3, 0.4) is 0 Å². The van der Waals surface area contributed by atoms with Gasteiger partial charge in [-0.05, 0) is 36.4 Å². The Morgan fingerprint density at radius 3 is 2.74 bits per heavy atom. The molecule has 0 bridgehead atoms. The Balaban J connectivity index is 1.63. The van der Waals surface area contributed by atoms with E-state index in [1.165, 1.54) is 23.9 Å². The van der Waals surface area contributed by atoms with Gasteiger partial charge in [-0.1, -0.05) is 35.0 Å². The monoisotopic (exact) mass is 369 g/mol. The van der Waals surface area contributed by atoms with Crippen molar-refractivity contribution in [2.75, 3.05) is 11.1 Å². The Labute approximate surface area is 145 Å². The van der Waals surface area contributed by atoms with Crippen molar-refractivity contribution in [3.05, 3.63) is 52.3 Å². The number of hydrogen-bond acceptors (Lipinski definition) is 3. The van der Waals surface area contributed by atoms with Gasteiger partial charge in [0.15, 0.2) is 5.16 Å². The average molecular weight is 370 g/mol. The van der Waals surface area contributed by atoms with Gasteiger partial charge in [0.2, 0.25) is 5.91 Å². The van der Waals surface area contributed by atoms with E-state index in [9.17, 15) is 9.18 Å². The molecule has 0 aliphatic carbocycles. The Bertz CT molecular complexity index is 884. The minimum Gasteiger partial charge on any atom is -0.333 e. The van der Waals surface area contributed by atoms with Crippen LogP contribution in [-0.4, -0.2) is 21.6 Å². The number of imidazole rings is 1. The third kappa shape index (κ3) is 3.96. The molecule has 0 unspecified atom stereocenters. The van der Waals surface area contributed by atoms with Crippen LogP contribution in [0.5, 0.6) is 0 Å². The molecule has 3 aromatic rings. The number of rotatable bonds is 4. The molecule has 4 nitrogen and oxygen atoms in total. The first kappa shape index (κ1) is 16.1. The van der Waals surface area contributed by atoms with E-state index < -0.39 is 5.82 Å². The molecule has 0 aliphatic heterocycles. The first-order valence-corrected chi connectivity index (χ1v) is 8.28. The highest BCUT2D eigenvalue weighted by molar-refractivity contribution is 7.99. The van der Waals surface area contributed by atoms with Crippen molar-refractivity contribution in [2.24, 2.45) is 0 Å². The summed E-state index contributed by atoms with van der Waals surface area (Å²) in [5.74, 6) is -0.820. The predicted octanol–water partition coefficient (Wildman–Crippen LogP) is 4.74. The number of aromatic nitrogens is 2. The standard InChI is InChI=1S/C15H10Cl2FN3OS/c16-8-1-3-11(10(18)5-8)19-14(22)7-23-15-20-12-4-2-9(17)6-13(12)21-15/h1-6H,7H2,(H,19,22)(H,20,21). The second kappa shape index (κ2) is 6.78. The fraction of sp³-hybridized carbons (Fsp3) is 0.0667. The minimum absolute atomic E-state index is 0.0929. The molecule has 1 amide bonds. The van der Waals surface area contributed by atoms with Gasteiger partial charge < -0.3 is 10.3 Å². The summed E-state index contributed by atoms with van der Waals surface area (Å²) < 4.78 is 13.6. The van der Waals surface area contributed by atoms with Crippen LogP contribution in [0.25, 0.3) is 11.0 Å². The van der Waals surface area contributed by atoms with Crippen molar-refractivity contribution in [1.82, 2.24) is 9.97 Å². The fourth-order valence-electron chi connectivity index (χ4n) is 1.94. The van der Waals surface area contributed by atoms with Crippen LogP contribution in [0.1, 0.15) is 0 Å². The zero-order valence-corrected chi connectivity index (χ0v) is 13.9. The van der Waals surface area contributed by atoms with Gasteiger partial charge in [0.25, 0.3) is 0 Å². The topological polar surface area (TPSA) is 57.8 Å². The van der Waals surface area contributed by atoms with Crippen molar-refractivity contribution < 1.29 is 9.18 Å². The van der Waals surface area contributed by atoms with Crippen LogP contribution in [0.2, 0.25) is 10.0 Å². The SMILES string of the molecule is O=C(CSc1nc2ccc(Cl)cc2[nH]1)Nc1ccc(Cl)cc1F. The molecule has 3 rings (SSSR count). The molecule has 118 valence electrons. The molecule has 0 atom stereocenters. The van der Waals surface area contributed by atoms with Gasteiger partial charge >= 0.3 is 0 Å². The molecule has 1 aromatic heterocycles. The number of carbonyl (C=O) groups excluding carboxylic acids is 1. The first-order valence-electron chi connectivity index (χ1n) is 6.54. The molecule has 0 radical (unpaired) electrons. The number of carbonyl (C=O) groups is 1. The van der Waals surface area contributed by atoms with Gasteiger partial charge in [-0.2, -0.15) is 0 Å². The third-order valence-corrected chi connectivity index (χ3v) is 4.31. The maximum Gasteiger partial charge on any atom is 0.234 e. The molecule has 0 saturated carbocycles. The lowest BCUT2D eigenvalue weighted by Crippen LogP contribution is -2.15. The van der Waals surface area contributed by atoms with Gasteiger partial charge in [0.05, 0.1) is 22.5 Å². The van der Waals surface area contributed by atoms with Crippen LogP contribution in [0.15, 0.2) is 41.6 Å². The zero-order valence-electron chi connectivity index (χ0n) is 11.6. The number of anilines is 1. The Hall–Kier alpha value is -1.76. The van der Waals surface area contributed by atoms with Crippen molar-refractivity contribution in [3.8, 4) is 0 Å². The number of nitrogens with one attached hydrogen (secondary N) is 2. The van der Waals surface area contributed by atoms with E-state index in [0.29, 0.717) is 10.2 Å². The average Bonchev–Trinajstić information content (AvgIpc) is 2.90. The van der Waals surface area contributed by atoms with Gasteiger partial charge in [0.1, 0.15) is 5.82 Å². The lowest BCUT2D eigenvalue weighted by molar-refractivity contribution is -0.113. The Morgan fingerprint density at radius 1 is 1.22 bits per heavy atom. The highest BCUT2D eigenvalue weighted by Crippen LogP contribution is 2.23. The first-order chi connectivity index (χ1) is 11.0. The normalized spacial score (nSPS) is 10.9. The van der Waals surface area contributed by atoms with Crippen LogP contribution < -0.4 is 5.32 Å². The minimum atomic E-state index is -0.575. The number of H-pyrrole nitrogens is 1. The van der Waals surface area contributed by atoms with Crippen molar-refractivity contribution in [2.45, 2.75) is 5.16 Å². The van der Waals surface area contributed by atoms with E-state index in [1.807, 2.05) is 0 Å². The molecule has 2 aromatic carbocycles. The molecule has 0 aliphatic rings. The Kier molecular flexibility index (Phi) is 4.75. The van der Waals surface area contributed by atoms with Crippen LogP contribution in [0, 0.1) is 5.82 Å². The number of thioether (sulfide) groups is 1. The molecule has 0 fully saturated rings. The fourth-order valence-corrected chi connectivity index (χ4v) is 2.95. The number of nitrogens with zero attached hydrogens (tertiary/aromatic N) is 1. The molecule has 8 heteroatoms. The zero-order chi connectivity index (χ0) is 16.4. The lowest BCUT2D eigenvalue weighted by atomic mass is 10.3. The highest BCUT2D eigenvalue weighted by Gasteiger charge is 2.10. The summed E-state index contributed by atoms with van der Waals surface area (Å²) in [6, 6.07) is 9.38. The predicted molar refractivity (Wildman–Crippen MR) is 91.9 cm³/mol. The van der Waals surface area contributed by atoms with E-state index in [2.05, 4.69) is 15.3 Å². The second-order valence-corrected chi connectivity index (χ2v) is 6.50. The van der Waals surface area contributed by atoms with Gasteiger partial charge in [-0.3, -0.25) is 4.79 Å².